The minimum absolute atomic E-state index is 0.211. The highest BCUT2D eigenvalue weighted by Gasteiger charge is 2.35. The van der Waals surface area contributed by atoms with Gasteiger partial charge < -0.3 is 4.52 Å². The predicted octanol–water partition coefficient (Wildman–Crippen LogP) is 3.93. The summed E-state index contributed by atoms with van der Waals surface area (Å²) in [6.07, 6.45) is -4.48. The fraction of sp³-hybridized carbons (Fsp3) is 0.308. The molecule has 0 aliphatic heterocycles. The van der Waals surface area contributed by atoms with Crippen LogP contribution < -0.4 is 0 Å². The number of hydrogen-bond acceptors (Lipinski definition) is 5. The Morgan fingerprint density at radius 2 is 2.14 bits per heavy atom. The monoisotopic (exact) mass is 328 g/mol. The Kier molecular flexibility index (Phi) is 3.51. The average Bonchev–Trinajstić information content (AvgIpc) is 3.17. The molecule has 0 saturated heterocycles. The highest BCUT2D eigenvalue weighted by molar-refractivity contribution is 7.13. The van der Waals surface area contributed by atoms with E-state index in [0.29, 0.717) is 11.5 Å². The van der Waals surface area contributed by atoms with Gasteiger partial charge in [-0.1, -0.05) is 11.2 Å². The molecule has 22 heavy (non-hydrogen) atoms. The molecule has 0 radical (unpaired) electrons. The van der Waals surface area contributed by atoms with Crippen molar-refractivity contribution in [1.29, 1.82) is 0 Å². The summed E-state index contributed by atoms with van der Waals surface area (Å²) in [5, 5.41) is 9.32. The summed E-state index contributed by atoms with van der Waals surface area (Å²) < 4.78 is 44.5. The molecule has 9 heteroatoms. The van der Waals surface area contributed by atoms with E-state index in [9.17, 15) is 13.2 Å². The van der Waals surface area contributed by atoms with Gasteiger partial charge in [-0.2, -0.15) is 23.3 Å². The molecule has 0 aromatic carbocycles. The number of nitrogens with zero attached hydrogens (tertiary/aromatic N) is 4. The second kappa shape index (κ2) is 5.24. The second-order valence-corrected chi connectivity index (χ2v) is 5.67. The summed E-state index contributed by atoms with van der Waals surface area (Å²) in [4.78, 5) is 5.06. The van der Waals surface area contributed by atoms with Crippen LogP contribution in [0.4, 0.5) is 13.2 Å². The van der Waals surface area contributed by atoms with Crippen LogP contribution in [-0.4, -0.2) is 19.9 Å². The number of hydrogen-bond donors (Lipinski definition) is 0. The van der Waals surface area contributed by atoms with Crippen LogP contribution in [0.1, 0.15) is 30.2 Å². The van der Waals surface area contributed by atoms with Crippen LogP contribution in [0.25, 0.3) is 10.7 Å². The quantitative estimate of drug-likeness (QED) is 0.731. The van der Waals surface area contributed by atoms with E-state index >= 15 is 0 Å². The lowest BCUT2D eigenvalue weighted by atomic mass is 10.3. The van der Waals surface area contributed by atoms with Crippen LogP contribution in [0, 0.1) is 6.92 Å². The summed E-state index contributed by atoms with van der Waals surface area (Å²) in [5.41, 5.74) is -0.564. The molecule has 3 rings (SSSR count). The summed E-state index contributed by atoms with van der Waals surface area (Å²) in [6.45, 7) is 3.21. The van der Waals surface area contributed by atoms with Crippen molar-refractivity contribution in [3.63, 3.8) is 0 Å². The van der Waals surface area contributed by atoms with E-state index < -0.39 is 17.9 Å². The molecule has 116 valence electrons. The first kappa shape index (κ1) is 14.8. The van der Waals surface area contributed by atoms with E-state index in [2.05, 4.69) is 15.2 Å². The highest BCUT2D eigenvalue weighted by Crippen LogP contribution is 2.30. The lowest BCUT2D eigenvalue weighted by Gasteiger charge is -2.09. The lowest BCUT2D eigenvalue weighted by Crippen LogP contribution is -2.13. The van der Waals surface area contributed by atoms with Crippen molar-refractivity contribution in [3.05, 3.63) is 40.9 Å². The number of aryl methyl sites for hydroxylation is 1. The van der Waals surface area contributed by atoms with Crippen LogP contribution >= 0.6 is 11.3 Å². The summed E-state index contributed by atoms with van der Waals surface area (Å²) in [6, 6.07) is 4.10. The van der Waals surface area contributed by atoms with Crippen LogP contribution in [0.15, 0.2) is 28.1 Å². The van der Waals surface area contributed by atoms with Crippen LogP contribution in [-0.2, 0) is 6.18 Å². The minimum Gasteiger partial charge on any atom is -0.337 e. The molecule has 0 saturated carbocycles. The van der Waals surface area contributed by atoms with Gasteiger partial charge in [0.1, 0.15) is 6.04 Å². The number of rotatable bonds is 3. The van der Waals surface area contributed by atoms with E-state index in [1.165, 1.54) is 16.0 Å². The number of halogens is 3. The Morgan fingerprint density at radius 1 is 1.36 bits per heavy atom. The first-order valence-corrected chi connectivity index (χ1v) is 7.25. The smallest absolute Gasteiger partial charge is 0.337 e. The highest BCUT2D eigenvalue weighted by atomic mass is 32.1. The van der Waals surface area contributed by atoms with E-state index in [-0.39, 0.29) is 5.89 Å². The molecule has 0 spiro atoms. The fourth-order valence-electron chi connectivity index (χ4n) is 2.03. The standard InChI is InChI=1S/C13H11F3N4OS/c1-7-6-10(13(14,15)16)18-20(7)8(2)12-17-11(19-21-12)9-4-3-5-22-9/h3-6,8H,1-2H3. The molecule has 3 aromatic rings. The molecule has 1 atom stereocenters. The molecular formula is C13H11F3N4OS. The van der Waals surface area contributed by atoms with Crippen LogP contribution in [0.3, 0.4) is 0 Å². The van der Waals surface area contributed by atoms with Crippen molar-refractivity contribution in [1.82, 2.24) is 19.9 Å². The van der Waals surface area contributed by atoms with E-state index in [1.807, 2.05) is 17.5 Å². The van der Waals surface area contributed by atoms with Gasteiger partial charge in [0.15, 0.2) is 5.69 Å². The molecule has 5 nitrogen and oxygen atoms in total. The van der Waals surface area contributed by atoms with Crippen LogP contribution in [0.2, 0.25) is 0 Å². The SMILES string of the molecule is Cc1cc(C(F)(F)F)nn1C(C)c1nc(-c2cccs2)no1. The summed E-state index contributed by atoms with van der Waals surface area (Å²) in [5.74, 6) is 0.626. The molecule has 3 aromatic heterocycles. The Balaban J connectivity index is 1.91. The van der Waals surface area contributed by atoms with Crippen molar-refractivity contribution in [2.75, 3.05) is 0 Å². The van der Waals surface area contributed by atoms with Gasteiger partial charge in [0.25, 0.3) is 5.89 Å². The zero-order valence-electron chi connectivity index (χ0n) is 11.6. The van der Waals surface area contributed by atoms with Crippen molar-refractivity contribution >= 4 is 11.3 Å². The van der Waals surface area contributed by atoms with Gasteiger partial charge in [-0.05, 0) is 31.4 Å². The Labute approximate surface area is 127 Å². The Bertz CT molecular complexity index is 776. The molecular weight excluding hydrogens is 317 g/mol. The van der Waals surface area contributed by atoms with Gasteiger partial charge in [-0.25, -0.2) is 0 Å². The van der Waals surface area contributed by atoms with E-state index in [1.54, 1.807) is 13.8 Å². The van der Waals surface area contributed by atoms with E-state index in [0.717, 1.165) is 10.9 Å². The van der Waals surface area contributed by atoms with Crippen molar-refractivity contribution in [2.45, 2.75) is 26.1 Å². The normalized spacial score (nSPS) is 13.5. The lowest BCUT2D eigenvalue weighted by molar-refractivity contribution is -0.141. The molecule has 0 aliphatic rings. The first-order chi connectivity index (χ1) is 10.4. The molecule has 0 amide bonds. The molecule has 0 aliphatic carbocycles. The molecule has 0 fully saturated rings. The largest absolute Gasteiger partial charge is 0.435 e. The second-order valence-electron chi connectivity index (χ2n) is 4.72. The maximum Gasteiger partial charge on any atom is 0.435 e. The zero-order valence-corrected chi connectivity index (χ0v) is 12.4. The van der Waals surface area contributed by atoms with Crippen molar-refractivity contribution in [2.24, 2.45) is 0 Å². The van der Waals surface area contributed by atoms with E-state index in [4.69, 9.17) is 4.52 Å². The summed E-state index contributed by atoms with van der Waals surface area (Å²) >= 11 is 1.45. The van der Waals surface area contributed by atoms with Gasteiger partial charge in [0.2, 0.25) is 5.82 Å². The zero-order chi connectivity index (χ0) is 15.9. The van der Waals surface area contributed by atoms with Gasteiger partial charge in [-0.3, -0.25) is 4.68 Å². The van der Waals surface area contributed by atoms with Gasteiger partial charge >= 0.3 is 6.18 Å². The number of alkyl halides is 3. The third-order valence-electron chi connectivity index (χ3n) is 3.12. The maximum absolute atomic E-state index is 12.7. The molecule has 0 N–H and O–H groups in total. The Morgan fingerprint density at radius 3 is 2.73 bits per heavy atom. The van der Waals surface area contributed by atoms with Gasteiger partial charge in [0, 0.05) is 5.69 Å². The van der Waals surface area contributed by atoms with Gasteiger partial charge in [-0.15, -0.1) is 11.3 Å². The first-order valence-electron chi connectivity index (χ1n) is 6.37. The predicted molar refractivity (Wildman–Crippen MR) is 73.4 cm³/mol. The minimum atomic E-state index is -4.48. The topological polar surface area (TPSA) is 56.7 Å². The molecule has 1 unspecified atom stereocenters. The van der Waals surface area contributed by atoms with Crippen LogP contribution in [0.5, 0.6) is 0 Å². The fourth-order valence-corrected chi connectivity index (χ4v) is 2.68. The third kappa shape index (κ3) is 2.63. The van der Waals surface area contributed by atoms with Crippen molar-refractivity contribution < 1.29 is 17.7 Å². The summed E-state index contributed by atoms with van der Waals surface area (Å²) in [7, 11) is 0. The molecule has 0 bridgehead atoms. The number of aromatic nitrogens is 4. The van der Waals surface area contributed by atoms with Crippen molar-refractivity contribution in [3.8, 4) is 10.7 Å². The molecule has 3 heterocycles. The number of thiophene rings is 1. The Hall–Kier alpha value is -2.16. The third-order valence-corrected chi connectivity index (χ3v) is 3.99. The van der Waals surface area contributed by atoms with Gasteiger partial charge in [0.05, 0.1) is 4.88 Å². The average molecular weight is 328 g/mol. The maximum atomic E-state index is 12.7.